The van der Waals surface area contributed by atoms with Crippen molar-refractivity contribution in [3.63, 3.8) is 0 Å². The van der Waals surface area contributed by atoms with Crippen molar-refractivity contribution in [1.82, 2.24) is 15.5 Å². The lowest BCUT2D eigenvalue weighted by molar-refractivity contribution is -0.120. The highest BCUT2D eigenvalue weighted by molar-refractivity contribution is 5.84. The number of hydrogen-bond donors (Lipinski definition) is 3. The zero-order chi connectivity index (χ0) is 15.9. The zero-order valence-corrected chi connectivity index (χ0v) is 13.0. The van der Waals surface area contributed by atoms with Crippen LogP contribution < -0.4 is 16.4 Å². The molecule has 4 N–H and O–H groups in total. The number of rotatable bonds is 5. The molecule has 1 aliphatic rings. The van der Waals surface area contributed by atoms with Gasteiger partial charge in [-0.05, 0) is 30.9 Å². The van der Waals surface area contributed by atoms with Crippen LogP contribution in [0.2, 0.25) is 0 Å². The predicted octanol–water partition coefficient (Wildman–Crippen LogP) is 0.608. The fourth-order valence-electron chi connectivity index (χ4n) is 2.44. The number of amides is 3. The van der Waals surface area contributed by atoms with Crippen molar-refractivity contribution in [2.75, 3.05) is 19.6 Å². The van der Waals surface area contributed by atoms with Gasteiger partial charge in [-0.15, -0.1) is 0 Å². The van der Waals surface area contributed by atoms with Gasteiger partial charge in [0.15, 0.2) is 0 Å². The normalized spacial score (nSPS) is 14.9. The number of carbonyl (C=O) groups excluding carboxylic acids is 2. The number of benzene rings is 1. The monoisotopic (exact) mass is 304 g/mol. The molecule has 1 aromatic carbocycles. The number of urea groups is 1. The molecule has 120 valence electrons. The van der Waals surface area contributed by atoms with Crippen molar-refractivity contribution in [3.05, 3.63) is 35.4 Å². The van der Waals surface area contributed by atoms with E-state index in [1.54, 1.807) is 4.90 Å². The van der Waals surface area contributed by atoms with Gasteiger partial charge in [0.25, 0.3) is 0 Å². The molecular formula is C16H24N4O2. The lowest BCUT2D eigenvalue weighted by atomic mass is 10.0. The van der Waals surface area contributed by atoms with Crippen LogP contribution in [0.3, 0.4) is 0 Å². The van der Waals surface area contributed by atoms with Gasteiger partial charge >= 0.3 is 6.03 Å². The molecule has 0 spiro atoms. The third-order valence-electron chi connectivity index (χ3n) is 3.74. The summed E-state index contributed by atoms with van der Waals surface area (Å²) in [6, 6.07) is 7.99. The second-order valence-electron chi connectivity index (χ2n) is 5.71. The molecule has 3 amide bonds. The highest BCUT2D eigenvalue weighted by atomic mass is 16.2. The Labute approximate surface area is 131 Å². The number of nitrogens with zero attached hydrogens (tertiary/aromatic N) is 1. The molecule has 1 atom stereocenters. The number of nitrogens with one attached hydrogen (secondary N) is 2. The van der Waals surface area contributed by atoms with E-state index in [1.807, 2.05) is 25.1 Å². The maximum atomic E-state index is 12.1. The fraction of sp³-hybridized carbons (Fsp3) is 0.500. The van der Waals surface area contributed by atoms with Gasteiger partial charge in [-0.1, -0.05) is 24.3 Å². The Kier molecular flexibility index (Phi) is 5.77. The minimum absolute atomic E-state index is 0.00404. The summed E-state index contributed by atoms with van der Waals surface area (Å²) in [6.07, 6.45) is 1.58. The lowest BCUT2D eigenvalue weighted by Gasteiger charge is -2.28. The second-order valence-corrected chi connectivity index (χ2v) is 5.71. The number of hydrogen-bond acceptors (Lipinski definition) is 3. The van der Waals surface area contributed by atoms with Gasteiger partial charge in [0.05, 0.1) is 6.54 Å². The summed E-state index contributed by atoms with van der Waals surface area (Å²) < 4.78 is 0. The molecule has 0 bridgehead atoms. The molecule has 1 unspecified atom stereocenters. The van der Waals surface area contributed by atoms with Crippen LogP contribution in [0.4, 0.5) is 4.79 Å². The molecule has 0 saturated heterocycles. The van der Waals surface area contributed by atoms with E-state index in [1.165, 1.54) is 11.1 Å². The van der Waals surface area contributed by atoms with E-state index in [9.17, 15) is 9.59 Å². The van der Waals surface area contributed by atoms with Crippen molar-refractivity contribution < 1.29 is 9.59 Å². The topological polar surface area (TPSA) is 87.5 Å². The Balaban J connectivity index is 1.73. The molecule has 2 rings (SSSR count). The van der Waals surface area contributed by atoms with Crippen LogP contribution in [0.1, 0.15) is 24.5 Å². The predicted molar refractivity (Wildman–Crippen MR) is 85.2 cm³/mol. The van der Waals surface area contributed by atoms with Crippen molar-refractivity contribution in [2.24, 2.45) is 5.73 Å². The first-order chi connectivity index (χ1) is 10.6. The first kappa shape index (κ1) is 16.3. The van der Waals surface area contributed by atoms with Crippen LogP contribution in [-0.4, -0.2) is 42.5 Å². The SMILES string of the molecule is CC(N)CCNC(=O)CNC(=O)N1CCc2ccccc2C1. The standard InChI is InChI=1S/C16H24N4O2/c1-12(17)6-8-18-15(21)10-19-16(22)20-9-7-13-4-2-3-5-14(13)11-20/h2-5,12H,6-11,17H2,1H3,(H,18,21)(H,19,22). The van der Waals surface area contributed by atoms with E-state index in [4.69, 9.17) is 5.73 Å². The van der Waals surface area contributed by atoms with E-state index in [0.717, 1.165) is 12.8 Å². The molecule has 0 aliphatic carbocycles. The van der Waals surface area contributed by atoms with E-state index in [-0.39, 0.29) is 24.5 Å². The third kappa shape index (κ3) is 4.73. The Morgan fingerprint density at radius 1 is 1.27 bits per heavy atom. The van der Waals surface area contributed by atoms with Crippen molar-refractivity contribution >= 4 is 11.9 Å². The lowest BCUT2D eigenvalue weighted by Crippen LogP contribution is -2.46. The maximum Gasteiger partial charge on any atom is 0.318 e. The van der Waals surface area contributed by atoms with Gasteiger partial charge in [0, 0.05) is 25.7 Å². The summed E-state index contributed by atoms with van der Waals surface area (Å²) in [4.78, 5) is 25.5. The summed E-state index contributed by atoms with van der Waals surface area (Å²) >= 11 is 0. The summed E-state index contributed by atoms with van der Waals surface area (Å²) in [6.45, 7) is 3.69. The summed E-state index contributed by atoms with van der Waals surface area (Å²) in [5, 5.41) is 5.40. The minimum atomic E-state index is -0.197. The first-order valence-electron chi connectivity index (χ1n) is 7.68. The van der Waals surface area contributed by atoms with Crippen molar-refractivity contribution in [3.8, 4) is 0 Å². The first-order valence-corrected chi connectivity index (χ1v) is 7.68. The van der Waals surface area contributed by atoms with Crippen LogP contribution in [0.5, 0.6) is 0 Å². The number of nitrogens with two attached hydrogens (primary N) is 1. The Hall–Kier alpha value is -2.08. The van der Waals surface area contributed by atoms with Gasteiger partial charge < -0.3 is 21.3 Å². The summed E-state index contributed by atoms with van der Waals surface area (Å²) in [5.74, 6) is -0.189. The molecule has 0 fully saturated rings. The van der Waals surface area contributed by atoms with Gasteiger partial charge in [0.1, 0.15) is 0 Å². The quantitative estimate of drug-likeness (QED) is 0.745. The second kappa shape index (κ2) is 7.79. The van der Waals surface area contributed by atoms with E-state index in [2.05, 4.69) is 16.7 Å². The average Bonchev–Trinajstić information content (AvgIpc) is 2.51. The minimum Gasteiger partial charge on any atom is -0.355 e. The van der Waals surface area contributed by atoms with Crippen molar-refractivity contribution in [1.29, 1.82) is 0 Å². The largest absolute Gasteiger partial charge is 0.355 e. The summed E-state index contributed by atoms with van der Waals surface area (Å²) in [5.41, 5.74) is 8.07. The molecule has 0 radical (unpaired) electrons. The Morgan fingerprint density at radius 3 is 2.73 bits per heavy atom. The molecule has 22 heavy (non-hydrogen) atoms. The van der Waals surface area contributed by atoms with Gasteiger partial charge in [0.2, 0.25) is 5.91 Å². The molecule has 6 heteroatoms. The van der Waals surface area contributed by atoms with E-state index >= 15 is 0 Å². The molecule has 1 aliphatic heterocycles. The summed E-state index contributed by atoms with van der Waals surface area (Å²) in [7, 11) is 0. The molecule has 0 saturated carbocycles. The Morgan fingerprint density at radius 2 is 2.00 bits per heavy atom. The Bertz CT molecular complexity index is 531. The van der Waals surface area contributed by atoms with Crippen LogP contribution in [0, 0.1) is 0 Å². The van der Waals surface area contributed by atoms with Gasteiger partial charge in [-0.25, -0.2) is 4.79 Å². The molecule has 1 heterocycles. The molecule has 0 aromatic heterocycles. The molecule has 1 aromatic rings. The van der Waals surface area contributed by atoms with Crippen LogP contribution in [0.15, 0.2) is 24.3 Å². The van der Waals surface area contributed by atoms with Gasteiger partial charge in [-0.2, -0.15) is 0 Å². The molecular weight excluding hydrogens is 280 g/mol. The number of carbonyl (C=O) groups is 2. The van der Waals surface area contributed by atoms with Gasteiger partial charge in [-0.3, -0.25) is 4.79 Å². The van der Waals surface area contributed by atoms with E-state index in [0.29, 0.717) is 19.6 Å². The average molecular weight is 304 g/mol. The fourth-order valence-corrected chi connectivity index (χ4v) is 2.44. The third-order valence-corrected chi connectivity index (χ3v) is 3.74. The van der Waals surface area contributed by atoms with Crippen LogP contribution in [-0.2, 0) is 17.8 Å². The molecule has 6 nitrogen and oxygen atoms in total. The number of fused-ring (bicyclic) bond motifs is 1. The maximum absolute atomic E-state index is 12.1. The highest BCUT2D eigenvalue weighted by Gasteiger charge is 2.20. The highest BCUT2D eigenvalue weighted by Crippen LogP contribution is 2.18. The van der Waals surface area contributed by atoms with E-state index < -0.39 is 0 Å². The zero-order valence-electron chi connectivity index (χ0n) is 13.0. The van der Waals surface area contributed by atoms with Crippen LogP contribution in [0.25, 0.3) is 0 Å². The smallest absolute Gasteiger partial charge is 0.318 e. The van der Waals surface area contributed by atoms with Crippen molar-refractivity contribution in [2.45, 2.75) is 32.4 Å². The van der Waals surface area contributed by atoms with Crippen LogP contribution >= 0.6 is 0 Å².